The summed E-state index contributed by atoms with van der Waals surface area (Å²) >= 11 is 0. The van der Waals surface area contributed by atoms with E-state index in [1.807, 2.05) is 12.3 Å². The van der Waals surface area contributed by atoms with Gasteiger partial charge < -0.3 is 14.6 Å². The fourth-order valence-corrected chi connectivity index (χ4v) is 2.14. The summed E-state index contributed by atoms with van der Waals surface area (Å²) in [6.07, 6.45) is 2.71. The van der Waals surface area contributed by atoms with Gasteiger partial charge in [-0.2, -0.15) is 0 Å². The minimum absolute atomic E-state index is 0.275. The third-order valence-electron chi connectivity index (χ3n) is 3.66. The smallest absolute Gasteiger partial charge is 0.174 e. The van der Waals surface area contributed by atoms with Crippen molar-refractivity contribution < 1.29 is 9.13 Å². The summed E-state index contributed by atoms with van der Waals surface area (Å²) in [6.45, 7) is 5.21. The summed E-state index contributed by atoms with van der Waals surface area (Å²) in [5.41, 5.74) is 1.82. The molecule has 0 saturated heterocycles. The molecule has 2 rings (SSSR count). The number of benzene rings is 1. The van der Waals surface area contributed by atoms with Crippen LogP contribution in [0.2, 0.25) is 0 Å². The molecule has 2 aromatic rings. The Morgan fingerprint density at radius 1 is 1.37 bits per heavy atom. The first-order valence-electron chi connectivity index (χ1n) is 6.57. The minimum Gasteiger partial charge on any atom is -0.494 e. The van der Waals surface area contributed by atoms with Gasteiger partial charge in [-0.05, 0) is 45.0 Å². The molecule has 0 radical (unpaired) electrons. The first-order chi connectivity index (χ1) is 9.04. The van der Waals surface area contributed by atoms with E-state index in [1.165, 1.54) is 7.11 Å². The monoisotopic (exact) mass is 264 g/mol. The van der Waals surface area contributed by atoms with Gasteiger partial charge >= 0.3 is 0 Å². The number of rotatable bonds is 5. The molecule has 0 unspecified atom stereocenters. The van der Waals surface area contributed by atoms with E-state index in [0.29, 0.717) is 17.2 Å². The Bertz CT molecular complexity index is 563. The van der Waals surface area contributed by atoms with Crippen LogP contribution in [0, 0.1) is 5.82 Å². The molecule has 0 atom stereocenters. The molecule has 0 aliphatic rings. The van der Waals surface area contributed by atoms with Crippen LogP contribution in [-0.2, 0) is 6.42 Å². The van der Waals surface area contributed by atoms with E-state index in [-0.39, 0.29) is 5.82 Å². The molecular weight excluding hydrogens is 243 g/mol. The predicted molar refractivity (Wildman–Crippen MR) is 76.3 cm³/mol. The van der Waals surface area contributed by atoms with Gasteiger partial charge in [-0.25, -0.2) is 4.39 Å². The average molecular weight is 264 g/mol. The quantitative estimate of drug-likeness (QED) is 0.898. The summed E-state index contributed by atoms with van der Waals surface area (Å²) in [5, 5.41) is 0.650. The lowest BCUT2D eigenvalue weighted by atomic mass is 10.1. The van der Waals surface area contributed by atoms with E-state index >= 15 is 0 Å². The lowest BCUT2D eigenvalue weighted by Gasteiger charge is -2.20. The van der Waals surface area contributed by atoms with Gasteiger partial charge in [0.2, 0.25) is 0 Å². The number of likely N-dealkylation sites (N-methyl/N-ethyl adjacent to an activating group) is 1. The van der Waals surface area contributed by atoms with Crippen molar-refractivity contribution >= 4 is 10.9 Å². The van der Waals surface area contributed by atoms with Crippen molar-refractivity contribution in [2.24, 2.45) is 0 Å². The zero-order valence-electron chi connectivity index (χ0n) is 12.0. The standard InChI is InChI=1S/C15H21FN2O/c1-10(2)18(3)8-7-11-9-17-12-5-6-13(19-4)15(16)14(11)12/h5-6,9-10,17H,7-8H2,1-4H3. The fraction of sp³-hybridized carbons (Fsp3) is 0.467. The molecule has 0 aliphatic heterocycles. The van der Waals surface area contributed by atoms with Gasteiger partial charge in [-0.1, -0.05) is 0 Å². The number of aromatic amines is 1. The number of fused-ring (bicyclic) bond motifs is 1. The minimum atomic E-state index is -0.275. The third kappa shape index (κ3) is 2.73. The predicted octanol–water partition coefficient (Wildman–Crippen LogP) is 3.20. The van der Waals surface area contributed by atoms with Crippen molar-refractivity contribution in [3.63, 3.8) is 0 Å². The summed E-state index contributed by atoms with van der Waals surface area (Å²) < 4.78 is 19.3. The van der Waals surface area contributed by atoms with Crippen LogP contribution in [0.25, 0.3) is 10.9 Å². The molecule has 1 aromatic carbocycles. The third-order valence-corrected chi connectivity index (χ3v) is 3.66. The molecule has 4 heteroatoms. The molecule has 104 valence electrons. The van der Waals surface area contributed by atoms with Crippen LogP contribution in [0.5, 0.6) is 5.75 Å². The summed E-state index contributed by atoms with van der Waals surface area (Å²) in [5.74, 6) is 0.0222. The van der Waals surface area contributed by atoms with E-state index in [0.717, 1.165) is 24.0 Å². The first-order valence-corrected chi connectivity index (χ1v) is 6.57. The highest BCUT2D eigenvalue weighted by molar-refractivity contribution is 5.85. The lowest BCUT2D eigenvalue weighted by molar-refractivity contribution is 0.277. The van der Waals surface area contributed by atoms with E-state index in [9.17, 15) is 4.39 Å². The second-order valence-electron chi connectivity index (χ2n) is 5.14. The Morgan fingerprint density at radius 2 is 2.11 bits per heavy atom. The summed E-state index contributed by atoms with van der Waals surface area (Å²) in [6, 6.07) is 4.00. The highest BCUT2D eigenvalue weighted by Gasteiger charge is 2.14. The van der Waals surface area contributed by atoms with Gasteiger partial charge in [-0.15, -0.1) is 0 Å². The van der Waals surface area contributed by atoms with Gasteiger partial charge in [0.25, 0.3) is 0 Å². The van der Waals surface area contributed by atoms with Crippen LogP contribution < -0.4 is 4.74 Å². The van der Waals surface area contributed by atoms with Gasteiger partial charge in [0.05, 0.1) is 7.11 Å². The van der Waals surface area contributed by atoms with Crippen molar-refractivity contribution in [3.8, 4) is 5.75 Å². The van der Waals surface area contributed by atoms with Crippen molar-refractivity contribution in [2.75, 3.05) is 20.7 Å². The molecule has 0 aliphatic carbocycles. The van der Waals surface area contributed by atoms with Crippen LogP contribution in [-0.4, -0.2) is 36.6 Å². The second kappa shape index (κ2) is 5.61. The molecule has 0 saturated carbocycles. The first kappa shape index (κ1) is 13.9. The van der Waals surface area contributed by atoms with Gasteiger partial charge in [0, 0.05) is 29.7 Å². The van der Waals surface area contributed by atoms with E-state index in [2.05, 4.69) is 30.8 Å². The summed E-state index contributed by atoms with van der Waals surface area (Å²) in [4.78, 5) is 5.37. The molecule has 1 heterocycles. The molecule has 1 N–H and O–H groups in total. The lowest BCUT2D eigenvalue weighted by Crippen LogP contribution is -2.28. The molecule has 0 fully saturated rings. The number of hydrogen-bond donors (Lipinski definition) is 1. The second-order valence-corrected chi connectivity index (χ2v) is 5.14. The SMILES string of the molecule is COc1ccc2[nH]cc(CCN(C)C(C)C)c2c1F. The number of aromatic nitrogens is 1. The number of methoxy groups -OCH3 is 1. The number of H-pyrrole nitrogens is 1. The number of nitrogens with zero attached hydrogens (tertiary/aromatic N) is 1. The van der Waals surface area contributed by atoms with Crippen LogP contribution in [0.3, 0.4) is 0 Å². The maximum absolute atomic E-state index is 14.3. The Labute approximate surface area is 113 Å². The van der Waals surface area contributed by atoms with E-state index in [4.69, 9.17) is 4.74 Å². The molecule has 0 bridgehead atoms. The maximum Gasteiger partial charge on any atom is 0.174 e. The molecule has 0 spiro atoms. The molecular formula is C15H21FN2O. The summed E-state index contributed by atoms with van der Waals surface area (Å²) in [7, 11) is 3.57. The van der Waals surface area contributed by atoms with E-state index in [1.54, 1.807) is 6.07 Å². The topological polar surface area (TPSA) is 28.3 Å². The van der Waals surface area contributed by atoms with Gasteiger partial charge in [0.1, 0.15) is 0 Å². The van der Waals surface area contributed by atoms with E-state index < -0.39 is 0 Å². The molecule has 3 nitrogen and oxygen atoms in total. The Hall–Kier alpha value is -1.55. The highest BCUT2D eigenvalue weighted by atomic mass is 19.1. The highest BCUT2D eigenvalue weighted by Crippen LogP contribution is 2.28. The molecule has 19 heavy (non-hydrogen) atoms. The molecule has 0 amide bonds. The number of hydrogen-bond acceptors (Lipinski definition) is 2. The zero-order valence-corrected chi connectivity index (χ0v) is 12.0. The number of nitrogens with one attached hydrogen (secondary N) is 1. The Balaban J connectivity index is 2.29. The van der Waals surface area contributed by atoms with Crippen LogP contribution in [0.1, 0.15) is 19.4 Å². The Kier molecular flexibility index (Phi) is 4.10. The van der Waals surface area contributed by atoms with Crippen LogP contribution in [0.15, 0.2) is 18.3 Å². The fourth-order valence-electron chi connectivity index (χ4n) is 2.14. The zero-order chi connectivity index (χ0) is 14.0. The maximum atomic E-state index is 14.3. The van der Waals surface area contributed by atoms with Crippen molar-refractivity contribution in [1.82, 2.24) is 9.88 Å². The average Bonchev–Trinajstić information content (AvgIpc) is 2.80. The normalized spacial score (nSPS) is 11.7. The van der Waals surface area contributed by atoms with Crippen LogP contribution >= 0.6 is 0 Å². The van der Waals surface area contributed by atoms with Crippen LogP contribution in [0.4, 0.5) is 4.39 Å². The van der Waals surface area contributed by atoms with Crippen molar-refractivity contribution in [2.45, 2.75) is 26.3 Å². The van der Waals surface area contributed by atoms with Crippen molar-refractivity contribution in [3.05, 3.63) is 29.7 Å². The number of ether oxygens (including phenoxy) is 1. The Morgan fingerprint density at radius 3 is 2.74 bits per heavy atom. The van der Waals surface area contributed by atoms with Crippen molar-refractivity contribution in [1.29, 1.82) is 0 Å². The number of halogens is 1. The molecule has 1 aromatic heterocycles. The van der Waals surface area contributed by atoms with Gasteiger partial charge in [0.15, 0.2) is 11.6 Å². The largest absolute Gasteiger partial charge is 0.494 e. The van der Waals surface area contributed by atoms with Gasteiger partial charge in [-0.3, -0.25) is 0 Å².